The van der Waals surface area contributed by atoms with Crippen LogP contribution in [0.15, 0.2) is 16.6 Å². The monoisotopic (exact) mass is 433 g/mol. The molecule has 0 N–H and O–H groups in total. The number of benzene rings is 2. The molecule has 1 atom stereocenters. The van der Waals surface area contributed by atoms with Crippen molar-refractivity contribution in [1.82, 2.24) is 4.90 Å². The van der Waals surface area contributed by atoms with Gasteiger partial charge in [-0.25, -0.2) is 0 Å². The highest BCUT2D eigenvalue weighted by atomic mass is 79.9. The van der Waals surface area contributed by atoms with Crippen LogP contribution in [0.1, 0.15) is 22.7 Å². The highest BCUT2D eigenvalue weighted by Crippen LogP contribution is 2.56. The molecule has 144 valence electrons. The number of ether oxygens (including phenoxy) is 4. The third kappa shape index (κ3) is 2.61. The molecule has 27 heavy (non-hydrogen) atoms. The van der Waals surface area contributed by atoms with Gasteiger partial charge >= 0.3 is 0 Å². The summed E-state index contributed by atoms with van der Waals surface area (Å²) in [5.41, 5.74) is 6.09. The lowest BCUT2D eigenvalue weighted by molar-refractivity contribution is 0.226. The van der Waals surface area contributed by atoms with E-state index in [0.29, 0.717) is 6.04 Å². The van der Waals surface area contributed by atoms with E-state index in [1.807, 2.05) is 0 Å². The van der Waals surface area contributed by atoms with Crippen LogP contribution in [0.4, 0.5) is 0 Å². The van der Waals surface area contributed by atoms with E-state index in [4.69, 9.17) is 18.9 Å². The number of methoxy groups -OCH3 is 4. The van der Waals surface area contributed by atoms with Gasteiger partial charge in [-0.15, -0.1) is 0 Å². The fourth-order valence-corrected chi connectivity index (χ4v) is 5.21. The van der Waals surface area contributed by atoms with Gasteiger partial charge in [-0.3, -0.25) is 4.90 Å². The Morgan fingerprint density at radius 2 is 1.63 bits per heavy atom. The Balaban J connectivity index is 2.11. The van der Waals surface area contributed by atoms with Crippen LogP contribution in [0, 0.1) is 0 Å². The van der Waals surface area contributed by atoms with Crippen LogP contribution >= 0.6 is 15.9 Å². The van der Waals surface area contributed by atoms with Gasteiger partial charge in [0.25, 0.3) is 0 Å². The summed E-state index contributed by atoms with van der Waals surface area (Å²) in [7, 11) is 8.91. The van der Waals surface area contributed by atoms with E-state index in [9.17, 15) is 0 Å². The molecule has 0 amide bonds. The molecular weight excluding hydrogens is 410 g/mol. The molecule has 2 aliphatic rings. The first-order valence-electron chi connectivity index (χ1n) is 8.97. The van der Waals surface area contributed by atoms with E-state index in [2.05, 4.69) is 40.0 Å². The second-order valence-electron chi connectivity index (χ2n) is 6.96. The fraction of sp³-hybridized carbons (Fsp3) is 0.429. The van der Waals surface area contributed by atoms with Crippen molar-refractivity contribution in [3.05, 3.63) is 33.3 Å². The zero-order valence-corrected chi connectivity index (χ0v) is 17.9. The Bertz CT molecular complexity index is 912. The van der Waals surface area contributed by atoms with Crippen molar-refractivity contribution in [2.75, 3.05) is 42.0 Å². The molecule has 0 fully saturated rings. The van der Waals surface area contributed by atoms with Crippen LogP contribution in [0.3, 0.4) is 0 Å². The molecule has 0 saturated carbocycles. The average Bonchev–Trinajstić information content (AvgIpc) is 2.69. The maximum atomic E-state index is 5.86. The second kappa shape index (κ2) is 6.91. The largest absolute Gasteiger partial charge is 0.493 e. The molecule has 0 unspecified atom stereocenters. The molecule has 0 aromatic heterocycles. The topological polar surface area (TPSA) is 40.2 Å². The van der Waals surface area contributed by atoms with Gasteiger partial charge in [-0.2, -0.15) is 0 Å². The standard InChI is InChI=1S/C21H24BrNO4/c1-23-7-6-12-17-14(23)8-11-9-15(24-2)16(25-3)10-13(11)18(17)20(26-4)21(27-5)19(12)22/h9-10,14H,6-8H2,1-5H3/t14-/m1/s1. The number of halogens is 1. The van der Waals surface area contributed by atoms with Gasteiger partial charge in [0.2, 0.25) is 0 Å². The van der Waals surface area contributed by atoms with Crippen molar-refractivity contribution in [2.24, 2.45) is 0 Å². The highest BCUT2D eigenvalue weighted by molar-refractivity contribution is 9.10. The Kier molecular flexibility index (Phi) is 4.72. The Morgan fingerprint density at radius 3 is 2.26 bits per heavy atom. The maximum Gasteiger partial charge on any atom is 0.175 e. The zero-order chi connectivity index (χ0) is 19.3. The number of hydrogen-bond donors (Lipinski definition) is 0. The first kappa shape index (κ1) is 18.4. The third-order valence-electron chi connectivity index (χ3n) is 5.77. The van der Waals surface area contributed by atoms with Gasteiger partial charge in [-0.05, 0) is 70.2 Å². The lowest BCUT2D eigenvalue weighted by atomic mass is 9.76. The number of likely N-dealkylation sites (N-methyl/N-ethyl adjacent to an activating group) is 1. The predicted molar refractivity (Wildman–Crippen MR) is 109 cm³/mol. The summed E-state index contributed by atoms with van der Waals surface area (Å²) in [6.45, 7) is 1.01. The Labute approximate surface area is 168 Å². The first-order chi connectivity index (χ1) is 13.0. The van der Waals surface area contributed by atoms with Gasteiger partial charge in [0.1, 0.15) is 0 Å². The van der Waals surface area contributed by atoms with Crippen LogP contribution in [-0.4, -0.2) is 46.9 Å². The number of rotatable bonds is 4. The first-order valence-corrected chi connectivity index (χ1v) is 9.76. The van der Waals surface area contributed by atoms with Gasteiger partial charge in [0.15, 0.2) is 23.0 Å². The van der Waals surface area contributed by atoms with E-state index >= 15 is 0 Å². The summed E-state index contributed by atoms with van der Waals surface area (Å²) in [6.07, 6.45) is 1.90. The molecular formula is C21H24BrNO4. The van der Waals surface area contributed by atoms with Crippen molar-refractivity contribution in [3.63, 3.8) is 0 Å². The van der Waals surface area contributed by atoms with Crippen molar-refractivity contribution >= 4 is 15.9 Å². The van der Waals surface area contributed by atoms with E-state index < -0.39 is 0 Å². The summed E-state index contributed by atoms with van der Waals surface area (Å²) in [5, 5.41) is 0. The molecule has 5 nitrogen and oxygen atoms in total. The number of nitrogens with zero attached hydrogens (tertiary/aromatic N) is 1. The Morgan fingerprint density at radius 1 is 0.963 bits per heavy atom. The molecule has 1 heterocycles. The maximum absolute atomic E-state index is 5.86. The lowest BCUT2D eigenvalue weighted by Gasteiger charge is -2.41. The molecule has 0 spiro atoms. The van der Waals surface area contributed by atoms with Gasteiger partial charge in [0.05, 0.1) is 32.9 Å². The van der Waals surface area contributed by atoms with Crippen LogP contribution in [0.25, 0.3) is 11.1 Å². The molecule has 2 aromatic rings. The summed E-state index contributed by atoms with van der Waals surface area (Å²) >= 11 is 3.78. The van der Waals surface area contributed by atoms with Crippen molar-refractivity contribution < 1.29 is 18.9 Å². The minimum Gasteiger partial charge on any atom is -0.493 e. The van der Waals surface area contributed by atoms with Crippen molar-refractivity contribution in [2.45, 2.75) is 18.9 Å². The number of fused-ring (bicyclic) bond motifs is 2. The van der Waals surface area contributed by atoms with E-state index in [1.165, 1.54) is 16.7 Å². The third-order valence-corrected chi connectivity index (χ3v) is 6.61. The summed E-state index contributed by atoms with van der Waals surface area (Å²) in [6, 6.07) is 4.45. The Hall–Kier alpha value is -1.92. The van der Waals surface area contributed by atoms with Gasteiger partial charge < -0.3 is 18.9 Å². The normalized spacial score (nSPS) is 17.8. The molecule has 0 saturated heterocycles. The zero-order valence-electron chi connectivity index (χ0n) is 16.3. The molecule has 2 aromatic carbocycles. The van der Waals surface area contributed by atoms with E-state index in [1.54, 1.807) is 28.4 Å². The van der Waals surface area contributed by atoms with Crippen LogP contribution in [0.2, 0.25) is 0 Å². The molecule has 4 rings (SSSR count). The fourth-order valence-electron chi connectivity index (χ4n) is 4.45. The lowest BCUT2D eigenvalue weighted by Crippen LogP contribution is -2.36. The van der Waals surface area contributed by atoms with Crippen LogP contribution in [-0.2, 0) is 12.8 Å². The van der Waals surface area contributed by atoms with Crippen molar-refractivity contribution in [1.29, 1.82) is 0 Å². The minimum absolute atomic E-state index is 0.297. The molecule has 6 heteroatoms. The van der Waals surface area contributed by atoms with Crippen LogP contribution < -0.4 is 18.9 Å². The molecule has 1 aliphatic heterocycles. The summed E-state index contributed by atoms with van der Waals surface area (Å²) in [4.78, 5) is 2.42. The smallest absolute Gasteiger partial charge is 0.175 e. The highest BCUT2D eigenvalue weighted by Gasteiger charge is 2.38. The van der Waals surface area contributed by atoms with Gasteiger partial charge in [0, 0.05) is 18.2 Å². The van der Waals surface area contributed by atoms with E-state index in [0.717, 1.165) is 58.0 Å². The van der Waals surface area contributed by atoms with Gasteiger partial charge in [-0.1, -0.05) is 0 Å². The quantitative estimate of drug-likeness (QED) is 0.720. The molecule has 0 radical (unpaired) electrons. The molecule has 0 bridgehead atoms. The summed E-state index contributed by atoms with van der Waals surface area (Å²) < 4.78 is 23.7. The van der Waals surface area contributed by atoms with E-state index in [-0.39, 0.29) is 0 Å². The summed E-state index contributed by atoms with van der Waals surface area (Å²) in [5.74, 6) is 2.98. The minimum atomic E-state index is 0.297. The van der Waals surface area contributed by atoms with Crippen LogP contribution in [0.5, 0.6) is 23.0 Å². The second-order valence-corrected chi connectivity index (χ2v) is 7.76. The van der Waals surface area contributed by atoms with Crippen molar-refractivity contribution in [3.8, 4) is 34.1 Å². The average molecular weight is 434 g/mol. The predicted octanol–water partition coefficient (Wildman–Crippen LogP) is 4.24. The SMILES string of the molecule is COc1cc2c(cc1OC)-c1c(OC)c(OC)c(Br)c3c1[C@@H](C2)N(C)CC3. The number of hydrogen-bond acceptors (Lipinski definition) is 5. The molecule has 1 aliphatic carbocycles.